The molecule has 1 aromatic heterocycles. The molecule has 0 unspecified atom stereocenters. The number of aryl methyl sites for hydroxylation is 2. The highest BCUT2D eigenvalue weighted by atomic mass is 16.5. The second-order valence-corrected chi connectivity index (χ2v) is 4.43. The third-order valence-electron chi connectivity index (χ3n) is 2.86. The van der Waals surface area contributed by atoms with E-state index in [0.717, 1.165) is 43.3 Å². The van der Waals surface area contributed by atoms with Crippen molar-refractivity contribution in [2.24, 2.45) is 7.05 Å². The number of hydrogen-bond donors (Lipinski definition) is 1. The SMILES string of the molecule is CCCNCCCCOc1c(C)nn(C)c1C. The number of rotatable bonds is 8. The molecule has 4 nitrogen and oxygen atoms in total. The molecule has 17 heavy (non-hydrogen) atoms. The van der Waals surface area contributed by atoms with Crippen LogP contribution in [0.2, 0.25) is 0 Å². The van der Waals surface area contributed by atoms with Crippen molar-refractivity contribution in [2.75, 3.05) is 19.7 Å². The molecular weight excluding hydrogens is 214 g/mol. The molecule has 0 saturated carbocycles. The number of aromatic nitrogens is 2. The molecule has 0 amide bonds. The molecule has 0 spiro atoms. The fourth-order valence-corrected chi connectivity index (χ4v) is 1.79. The Morgan fingerprint density at radius 3 is 2.59 bits per heavy atom. The highest BCUT2D eigenvalue weighted by Gasteiger charge is 2.09. The zero-order valence-corrected chi connectivity index (χ0v) is 11.5. The Bertz CT molecular complexity index is 334. The van der Waals surface area contributed by atoms with Crippen molar-refractivity contribution in [3.63, 3.8) is 0 Å². The van der Waals surface area contributed by atoms with Crippen LogP contribution in [0.15, 0.2) is 0 Å². The van der Waals surface area contributed by atoms with Crippen LogP contribution in [-0.2, 0) is 7.05 Å². The molecule has 4 heteroatoms. The van der Waals surface area contributed by atoms with Crippen LogP contribution in [0.3, 0.4) is 0 Å². The lowest BCUT2D eigenvalue weighted by molar-refractivity contribution is 0.301. The highest BCUT2D eigenvalue weighted by molar-refractivity contribution is 5.31. The van der Waals surface area contributed by atoms with Crippen LogP contribution in [0, 0.1) is 13.8 Å². The molecule has 1 rings (SSSR count). The van der Waals surface area contributed by atoms with Crippen molar-refractivity contribution in [3.8, 4) is 5.75 Å². The van der Waals surface area contributed by atoms with E-state index in [1.165, 1.54) is 12.8 Å². The smallest absolute Gasteiger partial charge is 0.162 e. The maximum atomic E-state index is 5.78. The van der Waals surface area contributed by atoms with E-state index in [4.69, 9.17) is 4.74 Å². The molecule has 0 aromatic carbocycles. The Morgan fingerprint density at radius 1 is 1.24 bits per heavy atom. The first-order chi connectivity index (χ1) is 8.16. The third-order valence-corrected chi connectivity index (χ3v) is 2.86. The average Bonchev–Trinajstić information content (AvgIpc) is 2.54. The number of nitrogens with zero attached hydrogens (tertiary/aromatic N) is 2. The van der Waals surface area contributed by atoms with Gasteiger partial charge in [-0.2, -0.15) is 5.10 Å². The fraction of sp³-hybridized carbons (Fsp3) is 0.769. The molecule has 0 aliphatic rings. The second-order valence-electron chi connectivity index (χ2n) is 4.43. The van der Waals surface area contributed by atoms with Gasteiger partial charge in [0.1, 0.15) is 5.69 Å². The molecule has 98 valence electrons. The lowest BCUT2D eigenvalue weighted by Crippen LogP contribution is -2.16. The Balaban J connectivity index is 2.18. The zero-order valence-electron chi connectivity index (χ0n) is 11.5. The molecule has 0 aliphatic carbocycles. The van der Waals surface area contributed by atoms with Gasteiger partial charge >= 0.3 is 0 Å². The molecule has 1 aromatic rings. The van der Waals surface area contributed by atoms with E-state index in [2.05, 4.69) is 17.3 Å². The molecule has 1 heterocycles. The van der Waals surface area contributed by atoms with Gasteiger partial charge in [0.25, 0.3) is 0 Å². The van der Waals surface area contributed by atoms with Crippen LogP contribution in [0.1, 0.15) is 37.6 Å². The number of hydrogen-bond acceptors (Lipinski definition) is 3. The van der Waals surface area contributed by atoms with Gasteiger partial charge in [-0.1, -0.05) is 6.92 Å². The van der Waals surface area contributed by atoms with Crippen molar-refractivity contribution in [1.82, 2.24) is 15.1 Å². The Hall–Kier alpha value is -1.03. The van der Waals surface area contributed by atoms with E-state index in [9.17, 15) is 0 Å². The summed E-state index contributed by atoms with van der Waals surface area (Å²) in [5, 5.41) is 7.72. The summed E-state index contributed by atoms with van der Waals surface area (Å²) in [7, 11) is 1.95. The van der Waals surface area contributed by atoms with Gasteiger partial charge in [0.2, 0.25) is 0 Å². The van der Waals surface area contributed by atoms with Crippen LogP contribution < -0.4 is 10.1 Å². The lowest BCUT2D eigenvalue weighted by atomic mass is 10.3. The zero-order chi connectivity index (χ0) is 12.7. The topological polar surface area (TPSA) is 39.1 Å². The Kier molecular flexibility index (Phi) is 6.05. The molecule has 0 radical (unpaired) electrons. The van der Waals surface area contributed by atoms with Gasteiger partial charge in [0.05, 0.1) is 12.3 Å². The van der Waals surface area contributed by atoms with Gasteiger partial charge in [0.15, 0.2) is 5.75 Å². The second kappa shape index (κ2) is 7.33. The van der Waals surface area contributed by atoms with E-state index in [-0.39, 0.29) is 0 Å². The molecule has 0 bridgehead atoms. The van der Waals surface area contributed by atoms with E-state index >= 15 is 0 Å². The van der Waals surface area contributed by atoms with E-state index in [0.29, 0.717) is 0 Å². The van der Waals surface area contributed by atoms with Crippen molar-refractivity contribution in [3.05, 3.63) is 11.4 Å². The largest absolute Gasteiger partial charge is 0.490 e. The minimum Gasteiger partial charge on any atom is -0.490 e. The predicted octanol–water partition coefficient (Wildman–Crippen LogP) is 2.20. The standard InChI is InChI=1S/C13H25N3O/c1-5-8-14-9-6-7-10-17-13-11(2)15-16(4)12(13)3/h14H,5-10H2,1-4H3. The summed E-state index contributed by atoms with van der Waals surface area (Å²) in [4.78, 5) is 0. The summed E-state index contributed by atoms with van der Waals surface area (Å²) in [6.07, 6.45) is 3.45. The molecule has 0 fully saturated rings. The monoisotopic (exact) mass is 239 g/mol. The normalized spacial score (nSPS) is 10.8. The van der Waals surface area contributed by atoms with E-state index in [1.807, 2.05) is 25.6 Å². The molecule has 0 saturated heterocycles. The van der Waals surface area contributed by atoms with Gasteiger partial charge in [-0.15, -0.1) is 0 Å². The average molecular weight is 239 g/mol. The summed E-state index contributed by atoms with van der Waals surface area (Å²) < 4.78 is 7.65. The molecule has 0 atom stereocenters. The Morgan fingerprint density at radius 2 is 2.00 bits per heavy atom. The van der Waals surface area contributed by atoms with E-state index in [1.54, 1.807) is 0 Å². The first-order valence-electron chi connectivity index (χ1n) is 6.50. The van der Waals surface area contributed by atoms with E-state index < -0.39 is 0 Å². The first-order valence-corrected chi connectivity index (χ1v) is 6.50. The first kappa shape index (κ1) is 14.0. The minimum atomic E-state index is 0.779. The maximum absolute atomic E-state index is 5.78. The maximum Gasteiger partial charge on any atom is 0.162 e. The minimum absolute atomic E-state index is 0.779. The van der Waals surface area contributed by atoms with Crippen molar-refractivity contribution < 1.29 is 4.74 Å². The van der Waals surface area contributed by atoms with Gasteiger partial charge in [0, 0.05) is 7.05 Å². The van der Waals surface area contributed by atoms with Crippen LogP contribution in [-0.4, -0.2) is 29.5 Å². The highest BCUT2D eigenvalue weighted by Crippen LogP contribution is 2.21. The molecular formula is C13H25N3O. The number of ether oxygens (including phenoxy) is 1. The van der Waals surface area contributed by atoms with Gasteiger partial charge < -0.3 is 10.1 Å². The van der Waals surface area contributed by atoms with Gasteiger partial charge in [-0.05, 0) is 46.2 Å². The van der Waals surface area contributed by atoms with Crippen LogP contribution >= 0.6 is 0 Å². The fourth-order valence-electron chi connectivity index (χ4n) is 1.79. The Labute approximate surface area is 104 Å². The summed E-state index contributed by atoms with van der Waals surface area (Å²) in [5.74, 6) is 0.953. The predicted molar refractivity (Wildman–Crippen MR) is 70.6 cm³/mol. The lowest BCUT2D eigenvalue weighted by Gasteiger charge is -2.07. The number of unbranched alkanes of at least 4 members (excludes halogenated alkanes) is 1. The quantitative estimate of drug-likeness (QED) is 0.707. The van der Waals surface area contributed by atoms with Crippen molar-refractivity contribution >= 4 is 0 Å². The molecule has 0 aliphatic heterocycles. The van der Waals surface area contributed by atoms with Crippen molar-refractivity contribution in [2.45, 2.75) is 40.0 Å². The third kappa shape index (κ3) is 4.38. The van der Waals surface area contributed by atoms with Crippen LogP contribution in [0.4, 0.5) is 0 Å². The summed E-state index contributed by atoms with van der Waals surface area (Å²) >= 11 is 0. The van der Waals surface area contributed by atoms with Crippen LogP contribution in [0.5, 0.6) is 5.75 Å². The number of nitrogens with one attached hydrogen (secondary N) is 1. The van der Waals surface area contributed by atoms with Crippen LogP contribution in [0.25, 0.3) is 0 Å². The summed E-state index contributed by atoms with van der Waals surface area (Å²) in [6.45, 7) is 9.19. The van der Waals surface area contributed by atoms with Gasteiger partial charge in [-0.3, -0.25) is 4.68 Å². The van der Waals surface area contributed by atoms with Gasteiger partial charge in [-0.25, -0.2) is 0 Å². The summed E-state index contributed by atoms with van der Waals surface area (Å²) in [5.41, 5.74) is 2.08. The summed E-state index contributed by atoms with van der Waals surface area (Å²) in [6, 6.07) is 0. The molecule has 1 N–H and O–H groups in total. The van der Waals surface area contributed by atoms with Crippen molar-refractivity contribution in [1.29, 1.82) is 0 Å².